The van der Waals surface area contributed by atoms with E-state index >= 15 is 0 Å². The minimum atomic E-state index is -0.969. The maximum Gasteiger partial charge on any atom is 0.347 e. The molecule has 2 aromatic carbocycles. The number of aromatic hydroxyl groups is 1. The van der Waals surface area contributed by atoms with Gasteiger partial charge in [-0.15, -0.1) is 4.73 Å². The van der Waals surface area contributed by atoms with Crippen LogP contribution in [0.3, 0.4) is 0 Å². The van der Waals surface area contributed by atoms with E-state index in [9.17, 15) is 14.7 Å². The molecule has 2 aromatic heterocycles. The highest BCUT2D eigenvalue weighted by molar-refractivity contribution is 6.02. The standard InChI is InChI=1S/C23H20N4O5/c1-2-31-23(30)18-19(28)17-20(26-16-11-7-4-8-12-16)24-14-25-21(17)27(22(18)29)32-13-15-9-5-3-6-10-15/h3-12,14,28H,2,13H2,1H3,(H,24,25,26). The Kier molecular flexibility index (Phi) is 5.98. The zero-order chi connectivity index (χ0) is 22.5. The van der Waals surface area contributed by atoms with Crippen LogP contribution in [0.25, 0.3) is 11.0 Å². The quantitative estimate of drug-likeness (QED) is 0.428. The molecule has 2 heterocycles. The lowest BCUT2D eigenvalue weighted by atomic mass is 10.1. The van der Waals surface area contributed by atoms with Crippen LogP contribution in [0.2, 0.25) is 0 Å². The predicted octanol–water partition coefficient (Wildman–Crippen LogP) is 3.05. The van der Waals surface area contributed by atoms with Crippen molar-refractivity contribution in [1.29, 1.82) is 0 Å². The number of hydrogen-bond donors (Lipinski definition) is 2. The highest BCUT2D eigenvalue weighted by atomic mass is 16.7. The molecule has 0 unspecified atom stereocenters. The van der Waals surface area contributed by atoms with Crippen LogP contribution < -0.4 is 15.7 Å². The molecule has 32 heavy (non-hydrogen) atoms. The number of nitrogens with one attached hydrogen (secondary N) is 1. The van der Waals surface area contributed by atoms with Gasteiger partial charge in [-0.05, 0) is 24.6 Å². The van der Waals surface area contributed by atoms with Crippen LogP contribution in [0.5, 0.6) is 5.75 Å². The number of esters is 1. The molecule has 2 N–H and O–H groups in total. The van der Waals surface area contributed by atoms with E-state index in [4.69, 9.17) is 9.57 Å². The zero-order valence-electron chi connectivity index (χ0n) is 17.2. The van der Waals surface area contributed by atoms with Gasteiger partial charge in [-0.3, -0.25) is 4.79 Å². The first kappa shape index (κ1) is 20.9. The van der Waals surface area contributed by atoms with Gasteiger partial charge in [0.15, 0.2) is 17.0 Å². The molecular formula is C23H20N4O5. The smallest absolute Gasteiger partial charge is 0.347 e. The van der Waals surface area contributed by atoms with Crippen LogP contribution in [0.1, 0.15) is 22.8 Å². The molecule has 4 aromatic rings. The third kappa shape index (κ3) is 4.08. The van der Waals surface area contributed by atoms with E-state index in [1.54, 1.807) is 19.1 Å². The molecule has 0 amide bonds. The Morgan fingerprint density at radius 2 is 1.75 bits per heavy atom. The highest BCUT2D eigenvalue weighted by Gasteiger charge is 2.27. The summed E-state index contributed by atoms with van der Waals surface area (Å²) in [5.74, 6) is -1.35. The second-order valence-corrected chi connectivity index (χ2v) is 6.71. The minimum Gasteiger partial charge on any atom is -0.506 e. The van der Waals surface area contributed by atoms with Gasteiger partial charge < -0.3 is 20.0 Å². The lowest BCUT2D eigenvalue weighted by molar-refractivity contribution is 0.0508. The molecule has 9 nitrogen and oxygen atoms in total. The van der Waals surface area contributed by atoms with Crippen molar-refractivity contribution in [3.8, 4) is 5.75 Å². The summed E-state index contributed by atoms with van der Waals surface area (Å²) >= 11 is 0. The number of hydrogen-bond acceptors (Lipinski definition) is 8. The zero-order valence-corrected chi connectivity index (χ0v) is 17.2. The number of rotatable bonds is 7. The van der Waals surface area contributed by atoms with E-state index in [1.807, 2.05) is 48.5 Å². The third-order valence-corrected chi connectivity index (χ3v) is 4.61. The number of carbonyl (C=O) groups excluding carboxylic acids is 1. The van der Waals surface area contributed by atoms with Gasteiger partial charge in [0.1, 0.15) is 24.1 Å². The number of carbonyl (C=O) groups is 1. The number of pyridine rings is 1. The number of nitrogens with zero attached hydrogens (tertiary/aromatic N) is 3. The fourth-order valence-electron chi connectivity index (χ4n) is 3.15. The molecule has 0 saturated heterocycles. The van der Waals surface area contributed by atoms with Gasteiger partial charge >= 0.3 is 11.5 Å². The maximum absolute atomic E-state index is 13.1. The van der Waals surface area contributed by atoms with Crippen LogP contribution in [-0.4, -0.2) is 32.4 Å². The van der Waals surface area contributed by atoms with E-state index in [0.717, 1.165) is 10.3 Å². The Hall–Kier alpha value is -4.40. The summed E-state index contributed by atoms with van der Waals surface area (Å²) in [4.78, 5) is 39.7. The Morgan fingerprint density at radius 1 is 1.06 bits per heavy atom. The van der Waals surface area contributed by atoms with Crippen LogP contribution in [0.4, 0.5) is 11.5 Å². The fraction of sp³-hybridized carbons (Fsp3) is 0.130. The summed E-state index contributed by atoms with van der Waals surface area (Å²) in [7, 11) is 0. The normalized spacial score (nSPS) is 10.7. The summed E-state index contributed by atoms with van der Waals surface area (Å²) in [6, 6.07) is 18.3. The largest absolute Gasteiger partial charge is 0.506 e. The molecule has 0 saturated carbocycles. The number of ether oxygens (including phenoxy) is 1. The predicted molar refractivity (Wildman–Crippen MR) is 118 cm³/mol. The van der Waals surface area contributed by atoms with Crippen LogP contribution in [0.15, 0.2) is 71.8 Å². The van der Waals surface area contributed by atoms with E-state index in [0.29, 0.717) is 5.69 Å². The molecule has 4 rings (SSSR count). The Morgan fingerprint density at radius 3 is 2.44 bits per heavy atom. The molecule has 0 aliphatic heterocycles. The number of fused-ring (bicyclic) bond motifs is 1. The molecule has 0 aliphatic carbocycles. The van der Waals surface area contributed by atoms with Crippen molar-refractivity contribution in [2.75, 3.05) is 11.9 Å². The van der Waals surface area contributed by atoms with Crippen molar-refractivity contribution in [3.63, 3.8) is 0 Å². The van der Waals surface area contributed by atoms with E-state index in [-0.39, 0.29) is 30.1 Å². The van der Waals surface area contributed by atoms with Crippen molar-refractivity contribution in [2.45, 2.75) is 13.5 Å². The summed E-state index contributed by atoms with van der Waals surface area (Å²) in [5.41, 5.74) is 0.0551. The average Bonchev–Trinajstić information content (AvgIpc) is 2.80. The molecule has 0 bridgehead atoms. The fourth-order valence-corrected chi connectivity index (χ4v) is 3.15. The minimum absolute atomic E-state index is 0.00455. The molecule has 0 radical (unpaired) electrons. The first-order valence-electron chi connectivity index (χ1n) is 9.89. The second-order valence-electron chi connectivity index (χ2n) is 6.71. The van der Waals surface area contributed by atoms with Gasteiger partial charge in [0.25, 0.3) is 0 Å². The molecule has 0 aliphatic rings. The summed E-state index contributed by atoms with van der Waals surface area (Å²) in [6.45, 7) is 1.67. The molecule has 162 valence electrons. The van der Waals surface area contributed by atoms with Crippen molar-refractivity contribution in [2.24, 2.45) is 0 Å². The SMILES string of the molecule is CCOC(=O)c1c(O)c2c(Nc3ccccc3)ncnc2n(OCc2ccccc2)c1=O. The Bertz CT molecular complexity index is 1310. The summed E-state index contributed by atoms with van der Waals surface area (Å²) < 4.78 is 5.87. The van der Waals surface area contributed by atoms with Crippen LogP contribution in [-0.2, 0) is 11.3 Å². The monoisotopic (exact) mass is 432 g/mol. The van der Waals surface area contributed by atoms with Gasteiger partial charge in [0.2, 0.25) is 0 Å². The summed E-state index contributed by atoms with van der Waals surface area (Å²) in [5, 5.41) is 14.0. The molecular weight excluding hydrogens is 412 g/mol. The van der Waals surface area contributed by atoms with Gasteiger partial charge in [0, 0.05) is 5.69 Å². The molecule has 0 fully saturated rings. The number of anilines is 2. The topological polar surface area (TPSA) is 116 Å². The lowest BCUT2D eigenvalue weighted by Crippen LogP contribution is -2.33. The maximum atomic E-state index is 13.1. The van der Waals surface area contributed by atoms with Crippen LogP contribution >= 0.6 is 0 Å². The van der Waals surface area contributed by atoms with Gasteiger partial charge in [-0.1, -0.05) is 48.5 Å². The van der Waals surface area contributed by atoms with Crippen molar-refractivity contribution in [3.05, 3.63) is 88.5 Å². The highest BCUT2D eigenvalue weighted by Crippen LogP contribution is 2.32. The number of aromatic nitrogens is 3. The molecule has 0 spiro atoms. The molecule has 9 heteroatoms. The van der Waals surface area contributed by atoms with Gasteiger partial charge in [-0.25, -0.2) is 14.8 Å². The lowest BCUT2D eigenvalue weighted by Gasteiger charge is -2.16. The van der Waals surface area contributed by atoms with E-state index in [2.05, 4.69) is 15.3 Å². The Labute approximate surface area is 182 Å². The third-order valence-electron chi connectivity index (χ3n) is 4.61. The van der Waals surface area contributed by atoms with E-state index in [1.165, 1.54) is 6.33 Å². The second kappa shape index (κ2) is 9.17. The number of benzene rings is 2. The van der Waals surface area contributed by atoms with Crippen molar-refractivity contribution >= 4 is 28.5 Å². The molecule has 0 atom stereocenters. The Balaban J connectivity index is 1.89. The first-order valence-corrected chi connectivity index (χ1v) is 9.89. The van der Waals surface area contributed by atoms with E-state index < -0.39 is 22.8 Å². The summed E-state index contributed by atoms with van der Waals surface area (Å²) in [6.07, 6.45) is 1.24. The van der Waals surface area contributed by atoms with Crippen molar-refractivity contribution in [1.82, 2.24) is 14.7 Å². The van der Waals surface area contributed by atoms with Gasteiger partial charge in [-0.2, -0.15) is 0 Å². The van der Waals surface area contributed by atoms with Gasteiger partial charge in [0.05, 0.1) is 6.61 Å². The number of para-hydroxylation sites is 1. The first-order chi connectivity index (χ1) is 15.6. The van der Waals surface area contributed by atoms with Crippen LogP contribution in [0, 0.1) is 0 Å². The van der Waals surface area contributed by atoms with Crippen molar-refractivity contribution < 1.29 is 19.5 Å². The average molecular weight is 432 g/mol.